The Morgan fingerprint density at radius 2 is 1.67 bits per heavy atom. The third-order valence-electron chi connectivity index (χ3n) is 3.91. The van der Waals surface area contributed by atoms with Crippen LogP contribution in [-0.2, 0) is 6.54 Å². The smallest absolute Gasteiger partial charge is 0.219 e. The molecule has 1 aliphatic carbocycles. The Morgan fingerprint density at radius 3 is 2.33 bits per heavy atom. The fourth-order valence-electron chi connectivity index (χ4n) is 2.75. The third kappa shape index (κ3) is 1.89. The quantitative estimate of drug-likeness (QED) is 0.582. The normalized spacial score (nSPS) is 13.0. The number of hydrogen-bond acceptors (Lipinski definition) is 6. The van der Waals surface area contributed by atoms with Crippen LogP contribution in [0.1, 0.15) is 36.9 Å². The highest BCUT2D eigenvalue weighted by Gasteiger charge is 2.40. The van der Waals surface area contributed by atoms with Gasteiger partial charge in [0, 0.05) is 0 Å². The van der Waals surface area contributed by atoms with E-state index in [0.29, 0.717) is 5.56 Å². The molecule has 0 bridgehead atoms. The summed E-state index contributed by atoms with van der Waals surface area (Å²) in [5.41, 5.74) is 1.45. The fraction of sp³-hybridized carbons (Fsp3) is 0.0625. The fourth-order valence-corrected chi connectivity index (χ4v) is 3.48. The molecule has 8 heteroatoms. The second-order valence-corrected chi connectivity index (χ2v) is 6.15. The average molecular weight is 344 g/mol. The maximum Gasteiger partial charge on any atom is 0.219 e. The van der Waals surface area contributed by atoms with E-state index in [2.05, 4.69) is 4.98 Å². The summed E-state index contributed by atoms with van der Waals surface area (Å²) in [5, 5.41) is 20.7. The highest BCUT2D eigenvalue weighted by Crippen LogP contribution is 2.41. The number of aromatic hydroxyl groups is 2. The number of aromatic nitrogens is 2. The van der Waals surface area contributed by atoms with Gasteiger partial charge in [-0.2, -0.15) is 0 Å². The minimum absolute atomic E-state index is 0.0212. The van der Waals surface area contributed by atoms with Crippen molar-refractivity contribution >= 4 is 22.9 Å². The minimum atomic E-state index is -0.605. The van der Waals surface area contributed by atoms with Crippen molar-refractivity contribution in [2.45, 2.75) is 6.54 Å². The van der Waals surface area contributed by atoms with E-state index in [-0.39, 0.29) is 28.2 Å². The van der Waals surface area contributed by atoms with Gasteiger partial charge in [-0.3, -0.25) is 14.2 Å². The number of fused-ring (bicyclic) bond motifs is 2. The molecule has 6 nitrogen and oxygen atoms in total. The summed E-state index contributed by atoms with van der Waals surface area (Å²) >= 11 is 1.01. The van der Waals surface area contributed by atoms with Gasteiger partial charge in [-0.05, 0) is 17.7 Å². The first-order chi connectivity index (χ1) is 11.5. The lowest BCUT2D eigenvalue weighted by atomic mass is 9.95. The van der Waals surface area contributed by atoms with E-state index in [0.717, 1.165) is 15.9 Å². The Balaban J connectivity index is 1.85. The molecular weight excluding hydrogens is 335 g/mol. The van der Waals surface area contributed by atoms with Gasteiger partial charge < -0.3 is 10.2 Å². The van der Waals surface area contributed by atoms with Crippen LogP contribution in [0, 0.1) is 5.82 Å². The van der Waals surface area contributed by atoms with Crippen molar-refractivity contribution < 1.29 is 24.2 Å². The van der Waals surface area contributed by atoms with Crippen LogP contribution in [0.3, 0.4) is 0 Å². The predicted octanol–water partition coefficient (Wildman–Crippen LogP) is 2.32. The molecule has 2 heterocycles. The van der Waals surface area contributed by atoms with Gasteiger partial charge in [-0.15, -0.1) is 11.3 Å². The van der Waals surface area contributed by atoms with E-state index < -0.39 is 29.1 Å². The average Bonchev–Trinajstić information content (AvgIpc) is 3.14. The molecule has 0 fully saturated rings. The Hall–Kier alpha value is -3.00. The lowest BCUT2D eigenvalue weighted by molar-refractivity contribution is 0.0976. The molecule has 0 saturated carbocycles. The van der Waals surface area contributed by atoms with E-state index in [1.165, 1.54) is 29.8 Å². The van der Waals surface area contributed by atoms with Crippen LogP contribution < -0.4 is 0 Å². The molecule has 0 radical (unpaired) electrons. The summed E-state index contributed by atoms with van der Waals surface area (Å²) < 4.78 is 14.0. The number of nitrogens with zero attached hydrogens (tertiary/aromatic N) is 2. The second kappa shape index (κ2) is 5.00. The number of rotatable bonds is 2. The molecule has 0 amide bonds. The van der Waals surface area contributed by atoms with Crippen molar-refractivity contribution in [1.82, 2.24) is 9.55 Å². The molecule has 0 saturated heterocycles. The van der Waals surface area contributed by atoms with E-state index in [4.69, 9.17) is 0 Å². The molecule has 1 aliphatic rings. The van der Waals surface area contributed by atoms with Crippen LogP contribution in [0.4, 0.5) is 4.39 Å². The summed E-state index contributed by atoms with van der Waals surface area (Å²) in [4.78, 5) is 28.9. The van der Waals surface area contributed by atoms with Crippen LogP contribution in [0.5, 0.6) is 11.8 Å². The van der Waals surface area contributed by atoms with Gasteiger partial charge >= 0.3 is 0 Å². The predicted molar refractivity (Wildman–Crippen MR) is 82.2 cm³/mol. The lowest BCUT2D eigenvalue weighted by Crippen LogP contribution is -2.18. The first-order valence-electron chi connectivity index (χ1n) is 6.90. The van der Waals surface area contributed by atoms with E-state index in [1.807, 2.05) is 0 Å². The topological polar surface area (TPSA) is 92.4 Å². The Kier molecular flexibility index (Phi) is 3.04. The molecule has 0 spiro atoms. The number of carbonyl (C=O) groups is 2. The van der Waals surface area contributed by atoms with Crippen molar-refractivity contribution in [3.8, 4) is 11.8 Å². The summed E-state index contributed by atoms with van der Waals surface area (Å²) in [7, 11) is 0. The van der Waals surface area contributed by atoms with Gasteiger partial charge in [-0.25, -0.2) is 9.37 Å². The summed E-state index contributed by atoms with van der Waals surface area (Å²) in [6, 6.07) is 5.44. The molecule has 120 valence electrons. The van der Waals surface area contributed by atoms with E-state index in [1.54, 1.807) is 0 Å². The monoisotopic (exact) mass is 344 g/mol. The van der Waals surface area contributed by atoms with Crippen molar-refractivity contribution in [3.63, 3.8) is 0 Å². The van der Waals surface area contributed by atoms with Gasteiger partial charge in [0.05, 0.1) is 12.1 Å². The SMILES string of the molecule is O=C1c2ncsc2C(=O)c2c1c(O)n(Cc1ccc(F)cc1)c2O. The standard InChI is InChI=1S/C16H9FN2O4S/c17-8-3-1-7(2-4-8)5-19-15(22)9-10(16(19)23)13(21)14-11(12(9)20)18-6-24-14/h1-4,6,22-23H,5H2. The maximum atomic E-state index is 13.0. The lowest BCUT2D eigenvalue weighted by Gasteiger charge is -2.08. The Labute approximate surface area is 138 Å². The number of thiazole rings is 1. The van der Waals surface area contributed by atoms with Crippen LogP contribution in [0.2, 0.25) is 0 Å². The van der Waals surface area contributed by atoms with Crippen LogP contribution in [0.15, 0.2) is 29.8 Å². The van der Waals surface area contributed by atoms with Gasteiger partial charge in [-0.1, -0.05) is 12.1 Å². The zero-order valence-electron chi connectivity index (χ0n) is 12.0. The van der Waals surface area contributed by atoms with Gasteiger partial charge in [0.25, 0.3) is 0 Å². The largest absolute Gasteiger partial charge is 0.494 e. The summed E-state index contributed by atoms with van der Waals surface area (Å²) in [5.74, 6) is -2.58. The highest BCUT2D eigenvalue weighted by atomic mass is 32.1. The molecule has 0 atom stereocenters. The number of ketones is 2. The number of halogens is 1. The molecule has 0 aliphatic heterocycles. The number of carbonyl (C=O) groups excluding carboxylic acids is 2. The molecule has 0 unspecified atom stereocenters. The first kappa shape index (κ1) is 14.6. The van der Waals surface area contributed by atoms with Crippen molar-refractivity contribution in [2.75, 3.05) is 0 Å². The van der Waals surface area contributed by atoms with Gasteiger partial charge in [0.15, 0.2) is 0 Å². The highest BCUT2D eigenvalue weighted by molar-refractivity contribution is 7.12. The summed E-state index contributed by atoms with van der Waals surface area (Å²) in [6.07, 6.45) is 0. The molecule has 3 aromatic rings. The van der Waals surface area contributed by atoms with Crippen molar-refractivity contribution in [3.05, 3.63) is 62.9 Å². The molecular formula is C16H9FN2O4S. The zero-order valence-corrected chi connectivity index (χ0v) is 12.8. The zero-order chi connectivity index (χ0) is 17.0. The molecule has 4 rings (SSSR count). The maximum absolute atomic E-state index is 13.0. The molecule has 24 heavy (non-hydrogen) atoms. The van der Waals surface area contributed by atoms with Gasteiger partial charge in [0.2, 0.25) is 23.3 Å². The molecule has 2 N–H and O–H groups in total. The molecule has 1 aromatic carbocycles. The minimum Gasteiger partial charge on any atom is -0.494 e. The van der Waals surface area contributed by atoms with Crippen molar-refractivity contribution in [1.29, 1.82) is 0 Å². The molecule has 2 aromatic heterocycles. The summed E-state index contributed by atoms with van der Waals surface area (Å²) in [6.45, 7) is -0.0212. The van der Waals surface area contributed by atoms with Crippen LogP contribution in [-0.4, -0.2) is 31.3 Å². The van der Waals surface area contributed by atoms with Crippen molar-refractivity contribution in [2.24, 2.45) is 0 Å². The first-order valence-corrected chi connectivity index (χ1v) is 7.78. The number of hydrogen-bond donors (Lipinski definition) is 2. The van der Waals surface area contributed by atoms with Gasteiger partial charge in [0.1, 0.15) is 27.5 Å². The van der Waals surface area contributed by atoms with E-state index in [9.17, 15) is 24.2 Å². The van der Waals surface area contributed by atoms with Crippen LogP contribution >= 0.6 is 11.3 Å². The number of benzene rings is 1. The van der Waals surface area contributed by atoms with Crippen LogP contribution in [0.25, 0.3) is 0 Å². The Morgan fingerprint density at radius 1 is 1.04 bits per heavy atom. The van der Waals surface area contributed by atoms with E-state index >= 15 is 0 Å². The Bertz CT molecular complexity index is 950. The second-order valence-electron chi connectivity index (χ2n) is 5.30. The third-order valence-corrected chi connectivity index (χ3v) is 4.73.